The summed E-state index contributed by atoms with van der Waals surface area (Å²) < 4.78 is 5.73. The lowest BCUT2D eigenvalue weighted by Gasteiger charge is -2.10. The molecule has 0 aliphatic rings. The van der Waals surface area contributed by atoms with E-state index in [4.69, 9.17) is 4.74 Å². The van der Waals surface area contributed by atoms with Crippen molar-refractivity contribution in [2.45, 2.75) is 13.8 Å². The second-order valence-electron chi connectivity index (χ2n) is 6.78. The summed E-state index contributed by atoms with van der Waals surface area (Å²) in [7, 11) is 0. The number of aryl methyl sites for hydroxylation is 2. The summed E-state index contributed by atoms with van der Waals surface area (Å²) in [5.41, 5.74) is 5.10. The predicted molar refractivity (Wildman–Crippen MR) is 116 cm³/mol. The first-order chi connectivity index (χ1) is 14.0. The molecule has 0 spiro atoms. The Morgan fingerprint density at radius 2 is 1.59 bits per heavy atom. The van der Waals surface area contributed by atoms with E-state index in [0.717, 1.165) is 27.9 Å². The highest BCUT2D eigenvalue weighted by Gasteiger charge is 2.08. The summed E-state index contributed by atoms with van der Waals surface area (Å²) in [6.45, 7) is 3.88. The third-order valence-corrected chi connectivity index (χ3v) is 4.40. The fraction of sp³-hybridized carbons (Fsp3) is 0.120. The third kappa shape index (κ3) is 5.57. The summed E-state index contributed by atoms with van der Waals surface area (Å²) >= 11 is 0. The Labute approximate surface area is 171 Å². The van der Waals surface area contributed by atoms with Crippen LogP contribution in [-0.4, -0.2) is 12.5 Å². The highest BCUT2D eigenvalue weighted by Crippen LogP contribution is 2.25. The van der Waals surface area contributed by atoms with E-state index in [1.807, 2.05) is 80.6 Å². The van der Waals surface area contributed by atoms with Crippen molar-refractivity contribution in [3.8, 4) is 11.8 Å². The number of benzene rings is 3. The number of para-hydroxylation sites is 1. The van der Waals surface area contributed by atoms with Crippen molar-refractivity contribution in [1.29, 1.82) is 5.26 Å². The van der Waals surface area contributed by atoms with Gasteiger partial charge in [-0.25, -0.2) is 0 Å². The number of rotatable bonds is 6. The van der Waals surface area contributed by atoms with Gasteiger partial charge in [0.25, 0.3) is 5.91 Å². The molecule has 1 amide bonds. The van der Waals surface area contributed by atoms with Crippen molar-refractivity contribution in [3.05, 3.63) is 95.1 Å². The molecule has 0 bridgehead atoms. The molecular weight excluding hydrogens is 360 g/mol. The number of carbonyl (C=O) groups excluding carboxylic acids is 1. The second kappa shape index (κ2) is 9.38. The zero-order valence-electron chi connectivity index (χ0n) is 16.5. The molecule has 144 valence electrons. The quantitative estimate of drug-likeness (QED) is 0.459. The predicted octanol–water partition coefficient (Wildman–Crippen LogP) is 5.39. The molecule has 1 N–H and O–H groups in total. The Balaban J connectivity index is 1.73. The van der Waals surface area contributed by atoms with E-state index >= 15 is 0 Å². The molecule has 3 aromatic carbocycles. The molecule has 0 saturated carbocycles. The van der Waals surface area contributed by atoms with Crippen LogP contribution in [0.25, 0.3) is 11.6 Å². The summed E-state index contributed by atoms with van der Waals surface area (Å²) in [5.74, 6) is 0.304. The van der Waals surface area contributed by atoms with Gasteiger partial charge in [0, 0.05) is 11.3 Å². The molecule has 3 rings (SSSR count). The number of nitrogens with one attached hydrogen (secondary N) is 1. The van der Waals surface area contributed by atoms with E-state index in [-0.39, 0.29) is 12.5 Å². The van der Waals surface area contributed by atoms with E-state index in [9.17, 15) is 10.1 Å². The first kappa shape index (κ1) is 19.9. The van der Waals surface area contributed by atoms with Crippen LogP contribution >= 0.6 is 0 Å². The summed E-state index contributed by atoms with van der Waals surface area (Å²) in [5, 5.41) is 12.4. The zero-order chi connectivity index (χ0) is 20.6. The molecule has 0 fully saturated rings. The second-order valence-corrected chi connectivity index (χ2v) is 6.78. The van der Waals surface area contributed by atoms with Crippen LogP contribution in [0.1, 0.15) is 22.3 Å². The van der Waals surface area contributed by atoms with Crippen LogP contribution < -0.4 is 10.1 Å². The van der Waals surface area contributed by atoms with Crippen molar-refractivity contribution in [1.82, 2.24) is 0 Å². The number of carbonyl (C=O) groups is 1. The molecule has 29 heavy (non-hydrogen) atoms. The molecule has 0 saturated heterocycles. The highest BCUT2D eigenvalue weighted by molar-refractivity contribution is 5.92. The van der Waals surface area contributed by atoms with E-state index in [2.05, 4.69) is 11.4 Å². The Bertz CT molecular complexity index is 1060. The zero-order valence-corrected chi connectivity index (χ0v) is 16.5. The van der Waals surface area contributed by atoms with Gasteiger partial charge in [-0.2, -0.15) is 5.26 Å². The lowest BCUT2D eigenvalue weighted by Crippen LogP contribution is -2.20. The Morgan fingerprint density at radius 3 is 2.24 bits per heavy atom. The molecule has 0 radical (unpaired) electrons. The topological polar surface area (TPSA) is 62.1 Å². The first-order valence-electron chi connectivity index (χ1n) is 9.32. The maximum atomic E-state index is 12.2. The van der Waals surface area contributed by atoms with Gasteiger partial charge in [-0.05, 0) is 43.7 Å². The number of nitriles is 1. The van der Waals surface area contributed by atoms with E-state index in [1.54, 1.807) is 12.1 Å². The summed E-state index contributed by atoms with van der Waals surface area (Å²) in [4.78, 5) is 12.2. The minimum absolute atomic E-state index is 0.120. The molecule has 0 atom stereocenters. The van der Waals surface area contributed by atoms with Gasteiger partial charge >= 0.3 is 0 Å². The number of ether oxygens (including phenoxy) is 1. The molecule has 3 aromatic rings. The molecule has 0 aliphatic heterocycles. The Kier molecular flexibility index (Phi) is 6.44. The van der Waals surface area contributed by atoms with Gasteiger partial charge in [-0.15, -0.1) is 0 Å². The number of anilines is 1. The molecule has 0 aromatic heterocycles. The molecule has 0 unspecified atom stereocenters. The highest BCUT2D eigenvalue weighted by atomic mass is 16.5. The molecular formula is C25H22N2O2. The summed E-state index contributed by atoms with van der Waals surface area (Å²) in [6, 6.07) is 24.9. The van der Waals surface area contributed by atoms with E-state index in [1.165, 1.54) is 0 Å². The minimum atomic E-state index is -0.244. The van der Waals surface area contributed by atoms with Gasteiger partial charge in [-0.3, -0.25) is 4.79 Å². The molecule has 4 heteroatoms. The van der Waals surface area contributed by atoms with Gasteiger partial charge in [0.2, 0.25) is 0 Å². The number of amides is 1. The van der Waals surface area contributed by atoms with Gasteiger partial charge in [0.15, 0.2) is 6.61 Å². The average molecular weight is 382 g/mol. The van der Waals surface area contributed by atoms with Gasteiger partial charge in [0.05, 0.1) is 11.6 Å². The lowest BCUT2D eigenvalue weighted by atomic mass is 10.0. The Hall–Kier alpha value is -3.84. The largest absolute Gasteiger partial charge is 0.483 e. The first-order valence-corrected chi connectivity index (χ1v) is 9.32. The van der Waals surface area contributed by atoms with Gasteiger partial charge in [-0.1, -0.05) is 65.7 Å². The fourth-order valence-corrected chi connectivity index (χ4v) is 2.78. The standard InChI is InChI=1S/C25H22N2O2/c1-18-7-11-20(12-8-18)22(16-26)15-21-5-3-4-6-24(21)29-17-25(28)27-23-13-9-19(2)10-14-23/h3-15H,17H2,1-2H3,(H,27,28)/b22-15-. The van der Waals surface area contributed by atoms with Crippen molar-refractivity contribution in [2.75, 3.05) is 11.9 Å². The van der Waals surface area contributed by atoms with Crippen molar-refractivity contribution in [2.24, 2.45) is 0 Å². The third-order valence-electron chi connectivity index (χ3n) is 4.40. The van der Waals surface area contributed by atoms with Crippen molar-refractivity contribution in [3.63, 3.8) is 0 Å². The SMILES string of the molecule is Cc1ccc(NC(=O)COc2ccccc2/C=C(/C#N)c2ccc(C)cc2)cc1. The van der Waals surface area contributed by atoms with Crippen molar-refractivity contribution >= 4 is 23.2 Å². The lowest BCUT2D eigenvalue weighted by molar-refractivity contribution is -0.118. The maximum Gasteiger partial charge on any atom is 0.262 e. The number of allylic oxidation sites excluding steroid dienone is 1. The molecule has 4 nitrogen and oxygen atoms in total. The van der Waals surface area contributed by atoms with Crippen LogP contribution in [0.2, 0.25) is 0 Å². The number of nitrogens with zero attached hydrogens (tertiary/aromatic N) is 1. The van der Waals surface area contributed by atoms with Crippen LogP contribution in [0.15, 0.2) is 72.8 Å². The van der Waals surface area contributed by atoms with Crippen molar-refractivity contribution < 1.29 is 9.53 Å². The fourth-order valence-electron chi connectivity index (χ4n) is 2.78. The van der Waals surface area contributed by atoms with Crippen LogP contribution in [0, 0.1) is 25.2 Å². The summed E-state index contributed by atoms with van der Waals surface area (Å²) in [6.07, 6.45) is 1.78. The molecule has 0 heterocycles. The van der Waals surface area contributed by atoms with Crippen LogP contribution in [0.4, 0.5) is 5.69 Å². The van der Waals surface area contributed by atoms with Gasteiger partial charge in [0.1, 0.15) is 5.75 Å². The normalized spacial score (nSPS) is 10.9. The number of hydrogen-bond donors (Lipinski definition) is 1. The van der Waals surface area contributed by atoms with Crippen LogP contribution in [0.3, 0.4) is 0 Å². The monoisotopic (exact) mass is 382 g/mol. The Morgan fingerprint density at radius 1 is 0.966 bits per heavy atom. The van der Waals surface area contributed by atoms with Crippen LogP contribution in [-0.2, 0) is 4.79 Å². The van der Waals surface area contributed by atoms with E-state index < -0.39 is 0 Å². The van der Waals surface area contributed by atoms with Gasteiger partial charge < -0.3 is 10.1 Å². The van der Waals surface area contributed by atoms with Crippen LogP contribution in [0.5, 0.6) is 5.75 Å². The van der Waals surface area contributed by atoms with E-state index in [0.29, 0.717) is 11.3 Å². The minimum Gasteiger partial charge on any atom is -0.483 e. The molecule has 0 aliphatic carbocycles. The smallest absolute Gasteiger partial charge is 0.262 e. The number of hydrogen-bond acceptors (Lipinski definition) is 3. The maximum absolute atomic E-state index is 12.2. The average Bonchev–Trinajstić information content (AvgIpc) is 2.73.